The molecule has 3 aliphatic carbocycles. The van der Waals surface area contributed by atoms with Gasteiger partial charge in [-0.2, -0.15) is 0 Å². The molecule has 0 heterocycles. The van der Waals surface area contributed by atoms with Crippen LogP contribution in [0.25, 0.3) is 12.2 Å². The first-order chi connectivity index (χ1) is 10.9. The Kier molecular flexibility index (Phi) is 2.67. The Morgan fingerprint density at radius 2 is 1.05 bits per heavy atom. The van der Waals surface area contributed by atoms with Crippen molar-refractivity contribution >= 4 is 12.2 Å². The minimum atomic E-state index is 0.785. The van der Waals surface area contributed by atoms with E-state index < -0.39 is 0 Å². The lowest BCUT2D eigenvalue weighted by Crippen LogP contribution is -2.31. The highest BCUT2D eigenvalue weighted by atomic mass is 14.5. The predicted molar refractivity (Wildman–Crippen MR) is 92.5 cm³/mol. The fraction of sp³-hybridized carbons (Fsp3) is 0.273. The molecule has 0 bridgehead atoms. The van der Waals surface area contributed by atoms with E-state index in [-0.39, 0.29) is 0 Å². The number of fused-ring (bicyclic) bond motifs is 6. The van der Waals surface area contributed by atoms with Crippen LogP contribution in [0.4, 0.5) is 0 Å². The summed E-state index contributed by atoms with van der Waals surface area (Å²) >= 11 is 0. The van der Waals surface area contributed by atoms with Gasteiger partial charge in [-0.05, 0) is 70.9 Å². The molecule has 0 nitrogen and oxygen atoms in total. The van der Waals surface area contributed by atoms with Crippen LogP contribution in [0.2, 0.25) is 0 Å². The second-order valence-corrected chi connectivity index (χ2v) is 6.89. The number of hydrogen-bond acceptors (Lipinski definition) is 0. The Morgan fingerprint density at radius 1 is 0.591 bits per heavy atom. The summed E-state index contributed by atoms with van der Waals surface area (Å²) in [6.45, 7) is 0. The molecule has 108 valence electrons. The molecule has 0 amide bonds. The number of benzene rings is 2. The van der Waals surface area contributed by atoms with E-state index in [9.17, 15) is 0 Å². The molecule has 0 N–H and O–H groups in total. The van der Waals surface area contributed by atoms with Gasteiger partial charge in [0.25, 0.3) is 0 Å². The van der Waals surface area contributed by atoms with Gasteiger partial charge >= 0.3 is 0 Å². The summed E-state index contributed by atoms with van der Waals surface area (Å²) in [5, 5.41) is 0. The Bertz CT molecular complexity index is 737. The summed E-state index contributed by atoms with van der Waals surface area (Å²) in [6, 6.07) is 17.9. The van der Waals surface area contributed by atoms with Gasteiger partial charge in [0.05, 0.1) is 0 Å². The van der Waals surface area contributed by atoms with Crippen LogP contribution in [0, 0.1) is 11.8 Å². The molecule has 2 aromatic carbocycles. The maximum absolute atomic E-state index is 2.48. The molecule has 5 rings (SSSR count). The topological polar surface area (TPSA) is 0 Å². The van der Waals surface area contributed by atoms with E-state index in [2.05, 4.69) is 60.7 Å². The molecule has 0 radical (unpaired) electrons. The molecule has 0 heteroatoms. The summed E-state index contributed by atoms with van der Waals surface area (Å²) in [4.78, 5) is 0. The number of allylic oxidation sites excluding steroid dienone is 2. The van der Waals surface area contributed by atoms with Crippen molar-refractivity contribution in [1.29, 1.82) is 0 Å². The van der Waals surface area contributed by atoms with Crippen molar-refractivity contribution in [3.63, 3.8) is 0 Å². The van der Waals surface area contributed by atoms with Crippen LogP contribution in [0.1, 0.15) is 35.1 Å². The molecule has 2 unspecified atom stereocenters. The third kappa shape index (κ3) is 1.76. The molecule has 2 aromatic rings. The normalized spacial score (nSPS) is 25.1. The van der Waals surface area contributed by atoms with E-state index in [1.807, 2.05) is 0 Å². The molecular formula is C22H20. The van der Waals surface area contributed by atoms with Crippen molar-refractivity contribution < 1.29 is 0 Å². The highest BCUT2D eigenvalue weighted by Gasteiger charge is 2.41. The molecule has 3 aliphatic rings. The number of rotatable bonds is 0. The van der Waals surface area contributed by atoms with Gasteiger partial charge in [-0.1, -0.05) is 60.7 Å². The van der Waals surface area contributed by atoms with Gasteiger partial charge in [-0.15, -0.1) is 0 Å². The Labute approximate surface area is 132 Å². The summed E-state index contributed by atoms with van der Waals surface area (Å²) in [6.07, 6.45) is 10.1. The van der Waals surface area contributed by atoms with Crippen molar-refractivity contribution in [3.8, 4) is 0 Å². The average Bonchev–Trinajstić information content (AvgIpc) is 2.81. The summed E-state index contributed by atoms with van der Waals surface area (Å²) in [5.41, 5.74) is 9.17. The largest absolute Gasteiger partial charge is 0.0620 e. The van der Waals surface area contributed by atoms with Crippen LogP contribution < -0.4 is 0 Å². The SMILES string of the molecule is C1=C2C3=Cc4ccccc4CCC3C2CCc2ccccc21. The first-order valence-electron chi connectivity index (χ1n) is 8.49. The average molecular weight is 284 g/mol. The predicted octanol–water partition coefficient (Wildman–Crippen LogP) is 5.29. The van der Waals surface area contributed by atoms with E-state index in [0.29, 0.717) is 0 Å². The monoisotopic (exact) mass is 284 g/mol. The minimum Gasteiger partial charge on any atom is -0.0620 e. The van der Waals surface area contributed by atoms with Gasteiger partial charge in [0.1, 0.15) is 0 Å². The van der Waals surface area contributed by atoms with Crippen molar-refractivity contribution in [1.82, 2.24) is 0 Å². The Hall–Kier alpha value is -2.08. The van der Waals surface area contributed by atoms with Gasteiger partial charge in [-0.25, -0.2) is 0 Å². The minimum absolute atomic E-state index is 0.785. The molecule has 0 saturated heterocycles. The maximum Gasteiger partial charge on any atom is -0.00866 e. The lowest BCUT2D eigenvalue weighted by molar-refractivity contribution is 0.332. The van der Waals surface area contributed by atoms with E-state index in [0.717, 1.165) is 11.8 Å². The van der Waals surface area contributed by atoms with Crippen LogP contribution in [0.3, 0.4) is 0 Å². The lowest BCUT2D eigenvalue weighted by Gasteiger charge is -2.42. The van der Waals surface area contributed by atoms with Gasteiger partial charge in [-0.3, -0.25) is 0 Å². The molecule has 0 aliphatic heterocycles. The van der Waals surface area contributed by atoms with E-state index in [4.69, 9.17) is 0 Å². The molecule has 0 spiro atoms. The first kappa shape index (κ1) is 12.5. The first-order valence-corrected chi connectivity index (χ1v) is 8.49. The summed E-state index contributed by atoms with van der Waals surface area (Å²) < 4.78 is 0. The number of aryl methyl sites for hydroxylation is 2. The molecule has 0 aromatic heterocycles. The zero-order valence-corrected chi connectivity index (χ0v) is 12.8. The highest BCUT2D eigenvalue weighted by Crippen LogP contribution is 2.53. The second-order valence-electron chi connectivity index (χ2n) is 6.89. The Morgan fingerprint density at radius 3 is 1.55 bits per heavy atom. The molecular weight excluding hydrogens is 264 g/mol. The van der Waals surface area contributed by atoms with Crippen LogP contribution >= 0.6 is 0 Å². The van der Waals surface area contributed by atoms with Crippen LogP contribution in [0.15, 0.2) is 59.7 Å². The van der Waals surface area contributed by atoms with E-state index in [1.165, 1.54) is 47.9 Å². The molecule has 1 fully saturated rings. The molecule has 1 saturated carbocycles. The Balaban J connectivity index is 1.62. The van der Waals surface area contributed by atoms with Crippen molar-refractivity contribution in [2.75, 3.05) is 0 Å². The zero-order valence-electron chi connectivity index (χ0n) is 12.8. The second kappa shape index (κ2) is 4.71. The van der Waals surface area contributed by atoms with Crippen molar-refractivity contribution in [2.45, 2.75) is 25.7 Å². The third-order valence-electron chi connectivity index (χ3n) is 5.80. The third-order valence-corrected chi connectivity index (χ3v) is 5.80. The quantitative estimate of drug-likeness (QED) is 0.616. The van der Waals surface area contributed by atoms with Gasteiger partial charge in [0.2, 0.25) is 0 Å². The highest BCUT2D eigenvalue weighted by molar-refractivity contribution is 5.75. The fourth-order valence-electron chi connectivity index (χ4n) is 4.62. The molecule has 22 heavy (non-hydrogen) atoms. The summed E-state index contributed by atoms with van der Waals surface area (Å²) in [7, 11) is 0. The van der Waals surface area contributed by atoms with Gasteiger partial charge in [0, 0.05) is 0 Å². The van der Waals surface area contributed by atoms with Crippen molar-refractivity contribution in [3.05, 3.63) is 81.9 Å². The fourth-order valence-corrected chi connectivity index (χ4v) is 4.62. The van der Waals surface area contributed by atoms with Crippen molar-refractivity contribution in [2.24, 2.45) is 11.8 Å². The van der Waals surface area contributed by atoms with E-state index >= 15 is 0 Å². The number of hydrogen-bond donors (Lipinski definition) is 0. The lowest BCUT2D eigenvalue weighted by atomic mass is 9.62. The maximum atomic E-state index is 2.48. The van der Waals surface area contributed by atoms with Crippen LogP contribution in [-0.2, 0) is 12.8 Å². The van der Waals surface area contributed by atoms with Crippen LogP contribution in [0.5, 0.6) is 0 Å². The standard InChI is InChI=1S/C22H20/c1-3-7-17-13-21-19(11-9-15(17)5-1)20-12-10-16-6-2-4-8-18(16)14-22(20)21/h1-8,13-14,19-20H,9-12H2. The van der Waals surface area contributed by atoms with Gasteiger partial charge in [0.15, 0.2) is 0 Å². The van der Waals surface area contributed by atoms with Crippen LogP contribution in [-0.4, -0.2) is 0 Å². The van der Waals surface area contributed by atoms with Gasteiger partial charge < -0.3 is 0 Å². The smallest absolute Gasteiger partial charge is 0.00866 e. The molecule has 2 atom stereocenters. The zero-order chi connectivity index (χ0) is 14.5. The van der Waals surface area contributed by atoms with E-state index in [1.54, 1.807) is 11.1 Å². The summed E-state index contributed by atoms with van der Waals surface area (Å²) in [5.74, 6) is 1.57.